The van der Waals surface area contributed by atoms with Crippen molar-refractivity contribution in [3.05, 3.63) is 40.2 Å². The second-order valence-corrected chi connectivity index (χ2v) is 8.39. The van der Waals surface area contributed by atoms with Gasteiger partial charge in [-0.1, -0.05) is 0 Å². The van der Waals surface area contributed by atoms with Crippen LogP contribution in [0.5, 0.6) is 0 Å². The van der Waals surface area contributed by atoms with Crippen LogP contribution in [-0.2, 0) is 14.8 Å². The van der Waals surface area contributed by atoms with Crippen molar-refractivity contribution in [3.8, 4) is 0 Å². The molecule has 25 heavy (non-hydrogen) atoms. The van der Waals surface area contributed by atoms with Crippen molar-refractivity contribution in [2.75, 3.05) is 24.7 Å². The Morgan fingerprint density at radius 2 is 2.08 bits per heavy atom. The zero-order valence-electron chi connectivity index (χ0n) is 14.1. The largest absolute Gasteiger partial charge is 0.423 e. The SMILES string of the molecule is Cc1cc(=O)oc2cc(NC(=O)[C@H]3CCCN(S(C)(=O)=O)C3)ccc12. The van der Waals surface area contributed by atoms with Crippen molar-refractivity contribution in [1.82, 2.24) is 4.31 Å². The highest BCUT2D eigenvalue weighted by Gasteiger charge is 2.30. The summed E-state index contributed by atoms with van der Waals surface area (Å²) in [5.74, 6) is -0.633. The fraction of sp³-hybridized carbons (Fsp3) is 0.412. The maximum absolute atomic E-state index is 12.5. The summed E-state index contributed by atoms with van der Waals surface area (Å²) in [6.07, 6.45) is 2.44. The zero-order valence-corrected chi connectivity index (χ0v) is 14.9. The minimum atomic E-state index is -3.30. The summed E-state index contributed by atoms with van der Waals surface area (Å²) in [7, 11) is -3.30. The van der Waals surface area contributed by atoms with Gasteiger partial charge in [-0.25, -0.2) is 17.5 Å². The van der Waals surface area contributed by atoms with Crippen molar-refractivity contribution in [3.63, 3.8) is 0 Å². The molecule has 134 valence electrons. The molecule has 1 N–H and O–H groups in total. The van der Waals surface area contributed by atoms with Crippen LogP contribution < -0.4 is 10.9 Å². The standard InChI is InChI=1S/C17H20N2O5S/c1-11-8-16(20)24-15-9-13(5-6-14(11)15)18-17(21)12-4-3-7-19(10-12)25(2,22)23/h5-6,8-9,12H,3-4,7,10H2,1-2H3,(H,18,21)/t12-/m0/s1. The Morgan fingerprint density at radius 3 is 2.80 bits per heavy atom. The Balaban J connectivity index is 1.79. The number of nitrogens with one attached hydrogen (secondary N) is 1. The molecule has 1 aromatic carbocycles. The molecule has 1 saturated heterocycles. The number of aryl methyl sites for hydroxylation is 1. The second kappa shape index (κ2) is 6.61. The lowest BCUT2D eigenvalue weighted by atomic mass is 9.98. The average molecular weight is 364 g/mol. The van der Waals surface area contributed by atoms with Gasteiger partial charge in [0.2, 0.25) is 15.9 Å². The number of nitrogens with zero attached hydrogens (tertiary/aromatic N) is 1. The molecule has 2 aromatic rings. The molecule has 0 spiro atoms. The number of anilines is 1. The molecule has 0 aliphatic carbocycles. The summed E-state index contributed by atoms with van der Waals surface area (Å²) in [5.41, 5.74) is 1.29. The highest BCUT2D eigenvalue weighted by molar-refractivity contribution is 7.88. The number of carbonyl (C=O) groups excluding carboxylic acids is 1. The average Bonchev–Trinajstić information content (AvgIpc) is 2.53. The summed E-state index contributed by atoms with van der Waals surface area (Å²) in [5, 5.41) is 3.60. The minimum Gasteiger partial charge on any atom is -0.423 e. The Kier molecular flexibility index (Phi) is 4.66. The molecular formula is C17H20N2O5S. The van der Waals surface area contributed by atoms with Crippen LogP contribution in [0.4, 0.5) is 5.69 Å². The summed E-state index contributed by atoms with van der Waals surface area (Å²) >= 11 is 0. The second-order valence-electron chi connectivity index (χ2n) is 6.41. The van der Waals surface area contributed by atoms with E-state index in [-0.39, 0.29) is 12.5 Å². The fourth-order valence-electron chi connectivity index (χ4n) is 3.10. The van der Waals surface area contributed by atoms with E-state index in [9.17, 15) is 18.0 Å². The Labute approximate surface area is 145 Å². The van der Waals surface area contributed by atoms with E-state index in [2.05, 4.69) is 5.32 Å². The number of hydrogen-bond donors (Lipinski definition) is 1. The molecule has 1 aliphatic heterocycles. The number of carbonyl (C=O) groups is 1. The maximum Gasteiger partial charge on any atom is 0.336 e. The van der Waals surface area contributed by atoms with Gasteiger partial charge in [0.1, 0.15) is 5.58 Å². The summed E-state index contributed by atoms with van der Waals surface area (Å²) in [4.78, 5) is 24.0. The highest BCUT2D eigenvalue weighted by atomic mass is 32.2. The lowest BCUT2D eigenvalue weighted by Crippen LogP contribution is -2.43. The number of piperidine rings is 1. The van der Waals surface area contributed by atoms with Crippen LogP contribution in [-0.4, -0.2) is 38.0 Å². The van der Waals surface area contributed by atoms with E-state index < -0.39 is 21.6 Å². The first-order chi connectivity index (χ1) is 11.7. The van der Waals surface area contributed by atoms with E-state index in [1.807, 2.05) is 6.92 Å². The van der Waals surface area contributed by atoms with E-state index in [1.54, 1.807) is 18.2 Å². The summed E-state index contributed by atoms with van der Waals surface area (Å²) in [6, 6.07) is 6.55. The van der Waals surface area contributed by atoms with Gasteiger partial charge in [-0.15, -0.1) is 0 Å². The number of hydrogen-bond acceptors (Lipinski definition) is 5. The maximum atomic E-state index is 12.5. The summed E-state index contributed by atoms with van der Waals surface area (Å²) in [6.45, 7) is 2.45. The summed E-state index contributed by atoms with van der Waals surface area (Å²) < 4.78 is 29.9. The topological polar surface area (TPSA) is 96.7 Å². The molecule has 0 saturated carbocycles. The molecule has 7 nitrogen and oxygen atoms in total. The van der Waals surface area contributed by atoms with E-state index in [4.69, 9.17) is 4.42 Å². The van der Waals surface area contributed by atoms with Gasteiger partial charge in [0, 0.05) is 36.3 Å². The van der Waals surface area contributed by atoms with Crippen LogP contribution in [0.3, 0.4) is 0 Å². The van der Waals surface area contributed by atoms with Gasteiger partial charge < -0.3 is 9.73 Å². The van der Waals surface area contributed by atoms with Crippen LogP contribution >= 0.6 is 0 Å². The molecule has 1 aliphatic rings. The Hall–Kier alpha value is -2.19. The normalized spacial score (nSPS) is 19.0. The van der Waals surface area contributed by atoms with Gasteiger partial charge in [0.25, 0.3) is 0 Å². The van der Waals surface area contributed by atoms with Crippen molar-refractivity contribution in [2.24, 2.45) is 5.92 Å². The third kappa shape index (κ3) is 3.91. The highest BCUT2D eigenvalue weighted by Crippen LogP contribution is 2.23. The molecule has 0 bridgehead atoms. The quantitative estimate of drug-likeness (QED) is 0.837. The lowest BCUT2D eigenvalue weighted by molar-refractivity contribution is -0.120. The predicted octanol–water partition coefficient (Wildman–Crippen LogP) is 1.71. The van der Waals surface area contributed by atoms with Gasteiger partial charge in [-0.2, -0.15) is 0 Å². The Bertz CT molecular complexity index is 980. The first-order valence-electron chi connectivity index (χ1n) is 8.04. The van der Waals surface area contributed by atoms with Gasteiger partial charge in [0.05, 0.1) is 12.2 Å². The first kappa shape index (κ1) is 17.6. The third-order valence-corrected chi connectivity index (χ3v) is 5.71. The van der Waals surface area contributed by atoms with Crippen LogP contribution in [0.1, 0.15) is 18.4 Å². The molecule has 3 rings (SSSR count). The van der Waals surface area contributed by atoms with E-state index in [0.29, 0.717) is 30.7 Å². The molecule has 1 fully saturated rings. The molecule has 1 aromatic heterocycles. The van der Waals surface area contributed by atoms with E-state index in [0.717, 1.165) is 17.2 Å². The fourth-order valence-corrected chi connectivity index (χ4v) is 4.02. The van der Waals surface area contributed by atoms with Crippen LogP contribution in [0.2, 0.25) is 0 Å². The van der Waals surface area contributed by atoms with Crippen molar-refractivity contribution < 1.29 is 17.6 Å². The molecular weight excluding hydrogens is 344 g/mol. The minimum absolute atomic E-state index is 0.187. The van der Waals surface area contributed by atoms with Gasteiger partial charge in [-0.3, -0.25) is 4.79 Å². The molecule has 0 unspecified atom stereocenters. The van der Waals surface area contributed by atoms with E-state index in [1.165, 1.54) is 10.4 Å². The number of amides is 1. The van der Waals surface area contributed by atoms with Crippen molar-refractivity contribution in [1.29, 1.82) is 0 Å². The van der Waals surface area contributed by atoms with Gasteiger partial charge >= 0.3 is 5.63 Å². The van der Waals surface area contributed by atoms with Gasteiger partial charge in [-0.05, 0) is 37.5 Å². The van der Waals surface area contributed by atoms with Crippen molar-refractivity contribution in [2.45, 2.75) is 19.8 Å². The smallest absolute Gasteiger partial charge is 0.336 e. The van der Waals surface area contributed by atoms with Crippen LogP contribution in [0.15, 0.2) is 33.5 Å². The van der Waals surface area contributed by atoms with Gasteiger partial charge in [0.15, 0.2) is 0 Å². The number of rotatable bonds is 3. The lowest BCUT2D eigenvalue weighted by Gasteiger charge is -2.30. The zero-order chi connectivity index (χ0) is 18.2. The molecule has 2 heterocycles. The monoisotopic (exact) mass is 364 g/mol. The third-order valence-electron chi connectivity index (χ3n) is 4.44. The van der Waals surface area contributed by atoms with Crippen LogP contribution in [0.25, 0.3) is 11.0 Å². The molecule has 8 heteroatoms. The molecule has 0 radical (unpaired) electrons. The number of fused-ring (bicyclic) bond motifs is 1. The van der Waals surface area contributed by atoms with Crippen LogP contribution in [0, 0.1) is 12.8 Å². The predicted molar refractivity (Wildman–Crippen MR) is 95.0 cm³/mol. The Morgan fingerprint density at radius 1 is 1.32 bits per heavy atom. The molecule has 1 atom stereocenters. The molecule has 1 amide bonds. The number of benzene rings is 1. The van der Waals surface area contributed by atoms with E-state index >= 15 is 0 Å². The number of sulfonamides is 1. The first-order valence-corrected chi connectivity index (χ1v) is 9.89. The van der Waals surface area contributed by atoms with Crippen molar-refractivity contribution >= 4 is 32.6 Å².